The standard InChI is InChI=1S/C23H21BrFN3O5S/c1-28-20(29)23(27-21(28)26,14-7-8-19(25)18(24)13-14)17-6-4-3-5-16(17)22(33-2)11-9-15(10-12-22)34(30,31)32/h3-13,15H,1-2H3,(H2,26,27)(H,30,31,32). The highest BCUT2D eigenvalue weighted by Crippen LogP contribution is 2.46. The van der Waals surface area contributed by atoms with E-state index in [2.05, 4.69) is 20.9 Å². The third-order valence-electron chi connectivity index (χ3n) is 6.06. The molecule has 1 unspecified atom stereocenters. The number of carbonyl (C=O) groups is 1. The Morgan fingerprint density at radius 1 is 1.18 bits per heavy atom. The van der Waals surface area contributed by atoms with E-state index in [0.29, 0.717) is 16.7 Å². The number of likely N-dealkylation sites (N-methyl/N-ethyl adjacent to an activating group) is 1. The van der Waals surface area contributed by atoms with Gasteiger partial charge in [-0.15, -0.1) is 0 Å². The molecule has 4 rings (SSSR count). The number of amides is 1. The first kappa shape index (κ1) is 24.3. The monoisotopic (exact) mass is 549 g/mol. The van der Waals surface area contributed by atoms with Gasteiger partial charge in [0.15, 0.2) is 11.5 Å². The van der Waals surface area contributed by atoms with Crippen molar-refractivity contribution in [2.24, 2.45) is 10.7 Å². The van der Waals surface area contributed by atoms with E-state index in [1.165, 1.54) is 61.6 Å². The second-order valence-electron chi connectivity index (χ2n) is 7.91. The van der Waals surface area contributed by atoms with Crippen LogP contribution in [0, 0.1) is 5.82 Å². The smallest absolute Gasteiger partial charge is 0.275 e. The molecular formula is C23H21BrFN3O5S. The van der Waals surface area contributed by atoms with Crippen LogP contribution in [0.5, 0.6) is 0 Å². The zero-order valence-corrected chi connectivity index (χ0v) is 20.5. The molecule has 0 fully saturated rings. The van der Waals surface area contributed by atoms with Gasteiger partial charge in [-0.05, 0) is 51.3 Å². The molecule has 1 aliphatic heterocycles. The molecule has 11 heteroatoms. The molecule has 0 spiro atoms. The average molecular weight is 550 g/mol. The summed E-state index contributed by atoms with van der Waals surface area (Å²) in [6, 6.07) is 11.0. The Balaban J connectivity index is 2.00. The second kappa shape index (κ2) is 8.42. The first-order valence-corrected chi connectivity index (χ1v) is 12.3. The van der Waals surface area contributed by atoms with Crippen LogP contribution < -0.4 is 5.73 Å². The highest BCUT2D eigenvalue weighted by molar-refractivity contribution is 9.10. The van der Waals surface area contributed by atoms with Crippen molar-refractivity contribution < 1.29 is 26.9 Å². The third kappa shape index (κ3) is 3.68. The van der Waals surface area contributed by atoms with E-state index in [1.807, 2.05) is 0 Å². The normalized spacial score (nSPS) is 26.7. The lowest BCUT2D eigenvalue weighted by Crippen LogP contribution is -2.43. The predicted octanol–water partition coefficient (Wildman–Crippen LogP) is 2.84. The number of aliphatic imine (C=N–C) groups is 1. The van der Waals surface area contributed by atoms with Gasteiger partial charge in [-0.3, -0.25) is 14.2 Å². The first-order chi connectivity index (χ1) is 16.0. The minimum Gasteiger partial charge on any atom is -0.369 e. The number of guanidine groups is 1. The van der Waals surface area contributed by atoms with Gasteiger partial charge < -0.3 is 10.5 Å². The van der Waals surface area contributed by atoms with Crippen LogP contribution in [-0.4, -0.2) is 49.1 Å². The summed E-state index contributed by atoms with van der Waals surface area (Å²) >= 11 is 3.18. The molecule has 178 valence electrons. The maximum absolute atomic E-state index is 14.1. The Morgan fingerprint density at radius 3 is 2.29 bits per heavy atom. The van der Waals surface area contributed by atoms with E-state index >= 15 is 0 Å². The number of halogens is 2. The molecule has 1 heterocycles. The number of hydrogen-bond donors (Lipinski definition) is 2. The maximum atomic E-state index is 14.1. The van der Waals surface area contributed by atoms with E-state index in [9.17, 15) is 22.2 Å². The molecule has 34 heavy (non-hydrogen) atoms. The van der Waals surface area contributed by atoms with Gasteiger partial charge in [0.05, 0.1) is 4.47 Å². The Bertz CT molecular complexity index is 1360. The zero-order chi connectivity index (χ0) is 24.9. The fraction of sp³-hybridized carbons (Fsp3) is 0.217. The third-order valence-corrected chi connectivity index (χ3v) is 7.67. The summed E-state index contributed by atoms with van der Waals surface area (Å²) in [5.41, 5.74) is 4.39. The summed E-state index contributed by atoms with van der Waals surface area (Å²) in [7, 11) is -1.42. The number of nitrogens with zero attached hydrogens (tertiary/aromatic N) is 2. The average Bonchev–Trinajstić information content (AvgIpc) is 3.05. The van der Waals surface area contributed by atoms with E-state index in [0.717, 1.165) is 0 Å². The Labute approximate surface area is 204 Å². The van der Waals surface area contributed by atoms with Crippen molar-refractivity contribution in [3.63, 3.8) is 0 Å². The highest BCUT2D eigenvalue weighted by atomic mass is 79.9. The highest BCUT2D eigenvalue weighted by Gasteiger charge is 2.52. The lowest BCUT2D eigenvalue weighted by Gasteiger charge is -2.36. The molecule has 2 aliphatic rings. The summed E-state index contributed by atoms with van der Waals surface area (Å²) in [5, 5.41) is -1.24. The Morgan fingerprint density at radius 2 is 1.79 bits per heavy atom. The topological polar surface area (TPSA) is 122 Å². The molecule has 0 aromatic heterocycles. The zero-order valence-electron chi connectivity index (χ0n) is 18.1. The summed E-state index contributed by atoms with van der Waals surface area (Å²) < 4.78 is 52.7. The van der Waals surface area contributed by atoms with Gasteiger partial charge >= 0.3 is 0 Å². The van der Waals surface area contributed by atoms with Crippen LogP contribution in [0.25, 0.3) is 0 Å². The van der Waals surface area contributed by atoms with Crippen LogP contribution >= 0.6 is 15.9 Å². The number of methoxy groups -OCH3 is 1. The van der Waals surface area contributed by atoms with Crippen molar-refractivity contribution in [3.05, 3.63) is 93.7 Å². The molecule has 0 radical (unpaired) electrons. The second-order valence-corrected chi connectivity index (χ2v) is 10.3. The van der Waals surface area contributed by atoms with Crippen LogP contribution in [0.1, 0.15) is 16.7 Å². The predicted molar refractivity (Wildman–Crippen MR) is 128 cm³/mol. The summed E-state index contributed by atoms with van der Waals surface area (Å²) in [6.07, 6.45) is 5.59. The maximum Gasteiger partial charge on any atom is 0.275 e. The SMILES string of the molecule is COC1(c2ccccc2C2(c3ccc(F)c(Br)c3)N=C(N)N(C)C2=O)C=CC(S(=O)(=O)O)C=C1. The van der Waals surface area contributed by atoms with Crippen molar-refractivity contribution in [1.82, 2.24) is 4.90 Å². The minimum atomic E-state index is -4.35. The lowest BCUT2D eigenvalue weighted by atomic mass is 9.75. The van der Waals surface area contributed by atoms with Crippen molar-refractivity contribution in [2.45, 2.75) is 16.4 Å². The van der Waals surface area contributed by atoms with Crippen LogP contribution in [0.15, 0.2) is 76.2 Å². The van der Waals surface area contributed by atoms with Crippen molar-refractivity contribution >= 4 is 37.9 Å². The number of carbonyl (C=O) groups excluding carboxylic acids is 1. The van der Waals surface area contributed by atoms with Gasteiger partial charge in [0, 0.05) is 19.7 Å². The van der Waals surface area contributed by atoms with Crippen LogP contribution in [0.2, 0.25) is 0 Å². The largest absolute Gasteiger partial charge is 0.369 e. The van der Waals surface area contributed by atoms with Crippen LogP contribution in [0.3, 0.4) is 0 Å². The molecule has 2 aromatic rings. The number of rotatable bonds is 5. The van der Waals surface area contributed by atoms with Gasteiger partial charge in [0.2, 0.25) is 0 Å². The van der Waals surface area contributed by atoms with E-state index in [-0.39, 0.29) is 10.4 Å². The molecule has 1 aliphatic carbocycles. The van der Waals surface area contributed by atoms with E-state index in [1.54, 1.807) is 24.3 Å². The summed E-state index contributed by atoms with van der Waals surface area (Å²) in [4.78, 5) is 19.5. The number of nitrogens with two attached hydrogens (primary N) is 1. The van der Waals surface area contributed by atoms with Gasteiger partial charge in [-0.1, -0.05) is 42.5 Å². The van der Waals surface area contributed by atoms with E-state index in [4.69, 9.17) is 10.5 Å². The quantitative estimate of drug-likeness (QED) is 0.436. The summed E-state index contributed by atoms with van der Waals surface area (Å²) in [5.74, 6) is -0.986. The van der Waals surface area contributed by atoms with Crippen LogP contribution in [-0.2, 0) is 30.8 Å². The molecule has 2 aromatic carbocycles. The molecule has 1 atom stereocenters. The minimum absolute atomic E-state index is 0.0205. The van der Waals surface area contributed by atoms with Gasteiger partial charge in [0.25, 0.3) is 16.0 Å². The number of ether oxygens (including phenoxy) is 1. The first-order valence-electron chi connectivity index (χ1n) is 10.1. The fourth-order valence-electron chi connectivity index (χ4n) is 4.24. The van der Waals surface area contributed by atoms with Crippen molar-refractivity contribution in [3.8, 4) is 0 Å². The molecular weight excluding hydrogens is 529 g/mol. The Kier molecular flexibility index (Phi) is 6.01. The molecule has 3 N–H and O–H groups in total. The lowest BCUT2D eigenvalue weighted by molar-refractivity contribution is -0.129. The van der Waals surface area contributed by atoms with Crippen LogP contribution in [0.4, 0.5) is 4.39 Å². The van der Waals surface area contributed by atoms with Gasteiger partial charge in [0.1, 0.15) is 16.7 Å². The Hall–Kier alpha value is -2.86. The molecule has 1 amide bonds. The molecule has 0 bridgehead atoms. The van der Waals surface area contributed by atoms with Gasteiger partial charge in [-0.25, -0.2) is 9.38 Å². The van der Waals surface area contributed by atoms with E-state index < -0.39 is 38.2 Å². The molecule has 0 saturated heterocycles. The molecule has 0 saturated carbocycles. The fourth-order valence-corrected chi connectivity index (χ4v) is 5.17. The molecule has 8 nitrogen and oxygen atoms in total. The van der Waals surface area contributed by atoms with Crippen molar-refractivity contribution in [2.75, 3.05) is 14.2 Å². The number of hydrogen-bond acceptors (Lipinski definition) is 6. The van der Waals surface area contributed by atoms with Gasteiger partial charge in [-0.2, -0.15) is 8.42 Å². The number of benzene rings is 2. The summed E-state index contributed by atoms with van der Waals surface area (Å²) in [6.45, 7) is 0. The van der Waals surface area contributed by atoms with Crippen molar-refractivity contribution in [1.29, 1.82) is 0 Å².